The molecule has 0 atom stereocenters. The van der Waals surface area contributed by atoms with Crippen molar-refractivity contribution in [3.63, 3.8) is 0 Å². The first-order valence-corrected chi connectivity index (χ1v) is 9.99. The third kappa shape index (κ3) is 3.85. The standard InChI is InChI=1S/C19H12ClN3O2S2/c20-12-8-7-11(10-14(12)21-18(25)16-6-3-9-26-16)17(24)23-19-22-13-4-1-2-5-15(13)27-19/h1-10H,(H,21,25)(H,22,23,24). The van der Waals surface area contributed by atoms with Crippen molar-refractivity contribution in [3.05, 3.63) is 75.4 Å². The van der Waals surface area contributed by atoms with E-state index in [-0.39, 0.29) is 11.8 Å². The Kier molecular flexibility index (Phi) is 4.89. The first-order chi connectivity index (χ1) is 13.1. The van der Waals surface area contributed by atoms with Gasteiger partial charge in [0.1, 0.15) is 0 Å². The van der Waals surface area contributed by atoms with Gasteiger partial charge in [-0.1, -0.05) is 41.1 Å². The summed E-state index contributed by atoms with van der Waals surface area (Å²) in [4.78, 5) is 29.8. The number of amides is 2. The number of benzene rings is 2. The van der Waals surface area contributed by atoms with Crippen LogP contribution >= 0.6 is 34.3 Å². The fraction of sp³-hybridized carbons (Fsp3) is 0. The molecule has 0 saturated carbocycles. The smallest absolute Gasteiger partial charge is 0.265 e. The summed E-state index contributed by atoms with van der Waals surface area (Å²) in [6.07, 6.45) is 0. The van der Waals surface area contributed by atoms with Crippen molar-refractivity contribution in [2.24, 2.45) is 0 Å². The summed E-state index contributed by atoms with van der Waals surface area (Å²) in [5, 5.41) is 8.22. The Hall–Kier alpha value is -2.74. The molecule has 4 aromatic rings. The highest BCUT2D eigenvalue weighted by Crippen LogP contribution is 2.27. The van der Waals surface area contributed by atoms with Crippen LogP contribution in [0.4, 0.5) is 10.8 Å². The van der Waals surface area contributed by atoms with Crippen LogP contribution in [0.1, 0.15) is 20.0 Å². The fourth-order valence-electron chi connectivity index (χ4n) is 2.45. The highest BCUT2D eigenvalue weighted by atomic mass is 35.5. The molecule has 2 aromatic heterocycles. The van der Waals surface area contributed by atoms with Gasteiger partial charge in [0.25, 0.3) is 11.8 Å². The van der Waals surface area contributed by atoms with E-state index in [0.717, 1.165) is 10.2 Å². The van der Waals surface area contributed by atoms with E-state index in [4.69, 9.17) is 11.6 Å². The second-order valence-electron chi connectivity index (χ2n) is 5.57. The molecule has 8 heteroatoms. The Morgan fingerprint density at radius 3 is 2.59 bits per heavy atom. The van der Waals surface area contributed by atoms with E-state index < -0.39 is 0 Å². The lowest BCUT2D eigenvalue weighted by Crippen LogP contribution is -2.14. The van der Waals surface area contributed by atoms with Gasteiger partial charge in [0.2, 0.25) is 0 Å². The van der Waals surface area contributed by atoms with Crippen LogP contribution in [0.2, 0.25) is 5.02 Å². The van der Waals surface area contributed by atoms with Gasteiger partial charge in [0, 0.05) is 5.56 Å². The van der Waals surface area contributed by atoms with Crippen molar-refractivity contribution in [1.29, 1.82) is 0 Å². The number of hydrogen-bond acceptors (Lipinski definition) is 5. The molecule has 2 amide bonds. The molecule has 2 N–H and O–H groups in total. The Morgan fingerprint density at radius 1 is 0.963 bits per heavy atom. The van der Waals surface area contributed by atoms with Gasteiger partial charge in [-0.25, -0.2) is 4.98 Å². The summed E-state index contributed by atoms with van der Waals surface area (Å²) in [5.74, 6) is -0.590. The van der Waals surface area contributed by atoms with Gasteiger partial charge in [-0.05, 0) is 41.8 Å². The SMILES string of the molecule is O=C(Nc1nc2ccccc2s1)c1ccc(Cl)c(NC(=O)c2cccs2)c1. The number of hydrogen-bond donors (Lipinski definition) is 2. The molecule has 5 nitrogen and oxygen atoms in total. The summed E-state index contributed by atoms with van der Waals surface area (Å²) in [5.41, 5.74) is 1.59. The van der Waals surface area contributed by atoms with Crippen molar-refractivity contribution in [1.82, 2.24) is 4.98 Å². The van der Waals surface area contributed by atoms with Crippen LogP contribution in [0, 0.1) is 0 Å². The topological polar surface area (TPSA) is 71.1 Å². The van der Waals surface area contributed by atoms with Crippen molar-refractivity contribution in [2.45, 2.75) is 0 Å². The van der Waals surface area contributed by atoms with E-state index in [1.807, 2.05) is 29.6 Å². The zero-order valence-corrected chi connectivity index (χ0v) is 16.1. The molecule has 0 aliphatic carbocycles. The number of rotatable bonds is 4. The summed E-state index contributed by atoms with van der Waals surface area (Å²) >= 11 is 8.89. The minimum atomic E-state index is -0.322. The lowest BCUT2D eigenvalue weighted by atomic mass is 10.2. The van der Waals surface area contributed by atoms with Crippen LogP contribution in [0.15, 0.2) is 60.0 Å². The highest BCUT2D eigenvalue weighted by Gasteiger charge is 2.14. The number of carbonyl (C=O) groups is 2. The summed E-state index contributed by atoms with van der Waals surface area (Å²) < 4.78 is 0.993. The minimum absolute atomic E-state index is 0.268. The van der Waals surface area contributed by atoms with Gasteiger partial charge in [-0.3, -0.25) is 14.9 Å². The number of fused-ring (bicyclic) bond motifs is 1. The molecule has 0 fully saturated rings. The summed E-state index contributed by atoms with van der Waals surface area (Å²) in [6.45, 7) is 0. The monoisotopic (exact) mass is 413 g/mol. The van der Waals surface area contributed by atoms with E-state index >= 15 is 0 Å². The molecule has 2 heterocycles. The van der Waals surface area contributed by atoms with Gasteiger partial charge in [0.05, 0.1) is 25.8 Å². The summed E-state index contributed by atoms with van der Waals surface area (Å²) in [6, 6.07) is 15.9. The van der Waals surface area contributed by atoms with Gasteiger partial charge in [0.15, 0.2) is 5.13 Å². The number of nitrogens with zero attached hydrogens (tertiary/aromatic N) is 1. The number of aromatic nitrogens is 1. The molecule has 0 spiro atoms. The van der Waals surface area contributed by atoms with Gasteiger partial charge in [-0.15, -0.1) is 11.3 Å². The molecule has 0 radical (unpaired) electrons. The van der Waals surface area contributed by atoms with Gasteiger partial charge >= 0.3 is 0 Å². The van der Waals surface area contributed by atoms with Crippen LogP contribution in [-0.4, -0.2) is 16.8 Å². The maximum Gasteiger partial charge on any atom is 0.265 e. The van der Waals surface area contributed by atoms with E-state index in [1.54, 1.807) is 30.3 Å². The second kappa shape index (κ2) is 7.48. The van der Waals surface area contributed by atoms with Crippen molar-refractivity contribution in [3.8, 4) is 0 Å². The minimum Gasteiger partial charge on any atom is -0.320 e. The number of thiophene rings is 1. The number of thiazole rings is 1. The number of carbonyl (C=O) groups excluding carboxylic acids is 2. The van der Waals surface area contributed by atoms with Crippen LogP contribution in [0.3, 0.4) is 0 Å². The Labute approximate surface area is 167 Å². The maximum absolute atomic E-state index is 12.6. The highest BCUT2D eigenvalue weighted by molar-refractivity contribution is 7.22. The normalized spacial score (nSPS) is 10.7. The molecule has 2 aromatic carbocycles. The first kappa shape index (κ1) is 17.7. The van der Waals surface area contributed by atoms with E-state index in [0.29, 0.717) is 26.3 Å². The van der Waals surface area contributed by atoms with Crippen molar-refractivity contribution in [2.75, 3.05) is 10.6 Å². The van der Waals surface area contributed by atoms with E-state index in [1.165, 1.54) is 22.7 Å². The molecular formula is C19H12ClN3O2S2. The number of nitrogens with one attached hydrogen (secondary N) is 2. The molecule has 0 unspecified atom stereocenters. The average molecular weight is 414 g/mol. The van der Waals surface area contributed by atoms with Crippen LogP contribution in [-0.2, 0) is 0 Å². The molecule has 4 rings (SSSR count). The molecule has 27 heavy (non-hydrogen) atoms. The lowest BCUT2D eigenvalue weighted by Gasteiger charge is -2.08. The molecule has 0 aliphatic rings. The largest absolute Gasteiger partial charge is 0.320 e. The number of anilines is 2. The van der Waals surface area contributed by atoms with Crippen molar-refractivity contribution < 1.29 is 9.59 Å². The number of halogens is 1. The Bertz CT molecular complexity index is 1110. The Balaban J connectivity index is 1.54. The van der Waals surface area contributed by atoms with E-state index in [2.05, 4.69) is 15.6 Å². The van der Waals surface area contributed by atoms with Crippen LogP contribution in [0.25, 0.3) is 10.2 Å². The first-order valence-electron chi connectivity index (χ1n) is 7.91. The summed E-state index contributed by atoms with van der Waals surface area (Å²) in [7, 11) is 0. The Morgan fingerprint density at radius 2 is 1.81 bits per heavy atom. The zero-order valence-electron chi connectivity index (χ0n) is 13.7. The molecule has 0 bridgehead atoms. The van der Waals surface area contributed by atoms with Gasteiger partial charge < -0.3 is 5.32 Å². The maximum atomic E-state index is 12.6. The predicted octanol–water partition coefficient (Wildman–Crippen LogP) is 5.52. The predicted molar refractivity (Wildman–Crippen MR) is 111 cm³/mol. The van der Waals surface area contributed by atoms with Gasteiger partial charge in [-0.2, -0.15) is 0 Å². The zero-order chi connectivity index (χ0) is 18.8. The fourth-order valence-corrected chi connectivity index (χ4v) is 4.09. The van der Waals surface area contributed by atoms with Crippen LogP contribution < -0.4 is 10.6 Å². The van der Waals surface area contributed by atoms with E-state index in [9.17, 15) is 9.59 Å². The second-order valence-corrected chi connectivity index (χ2v) is 7.95. The molecular weight excluding hydrogens is 402 g/mol. The number of para-hydroxylation sites is 1. The molecule has 0 aliphatic heterocycles. The third-order valence-corrected chi connectivity index (χ3v) is 5.89. The lowest BCUT2D eigenvalue weighted by molar-refractivity contribution is 0.101. The molecule has 0 saturated heterocycles. The van der Waals surface area contributed by atoms with Crippen molar-refractivity contribution >= 4 is 67.1 Å². The average Bonchev–Trinajstić information content (AvgIpc) is 3.32. The molecule has 134 valence electrons. The van der Waals surface area contributed by atoms with Crippen LogP contribution in [0.5, 0.6) is 0 Å². The third-order valence-electron chi connectivity index (χ3n) is 3.74. The quantitative estimate of drug-likeness (QED) is 0.463.